The minimum Gasteiger partial charge on any atom is -0.271 e. The van der Waals surface area contributed by atoms with Gasteiger partial charge >= 0.3 is 0 Å². The highest BCUT2D eigenvalue weighted by atomic mass is 32.2. The largest absolute Gasteiger partial charge is 0.271 e. The van der Waals surface area contributed by atoms with Gasteiger partial charge in [0.25, 0.3) is 0 Å². The van der Waals surface area contributed by atoms with Gasteiger partial charge in [0.1, 0.15) is 0 Å². The highest BCUT2D eigenvalue weighted by Gasteiger charge is 2.18. The molecule has 102 valence electrons. The molecule has 0 amide bonds. The number of nitrogens with zero attached hydrogens (tertiary/aromatic N) is 3. The van der Waals surface area contributed by atoms with E-state index < -0.39 is 9.84 Å². The molecular weight excluding hydrogens is 266 g/mol. The molecule has 0 spiro atoms. The van der Waals surface area contributed by atoms with Crippen molar-refractivity contribution < 1.29 is 8.42 Å². The van der Waals surface area contributed by atoms with Gasteiger partial charge in [0.05, 0.1) is 22.8 Å². The number of sulfone groups is 1. The molecule has 3 N–H and O–H groups in total. The molecule has 1 aromatic heterocycles. The van der Waals surface area contributed by atoms with E-state index in [0.29, 0.717) is 0 Å². The molecule has 1 unspecified atom stereocenters. The van der Waals surface area contributed by atoms with Crippen LogP contribution in [0.2, 0.25) is 0 Å². The van der Waals surface area contributed by atoms with Crippen molar-refractivity contribution in [2.75, 3.05) is 6.26 Å². The van der Waals surface area contributed by atoms with E-state index in [1.54, 1.807) is 42.2 Å². The van der Waals surface area contributed by atoms with Crippen LogP contribution in [0.1, 0.15) is 17.3 Å². The molecule has 0 aliphatic rings. The van der Waals surface area contributed by atoms with Crippen LogP contribution in [0.15, 0.2) is 35.4 Å². The molecule has 0 saturated carbocycles. The minimum atomic E-state index is -3.25. The van der Waals surface area contributed by atoms with Gasteiger partial charge in [-0.1, -0.05) is 17.3 Å². The van der Waals surface area contributed by atoms with Gasteiger partial charge in [0, 0.05) is 13.3 Å². The van der Waals surface area contributed by atoms with E-state index in [2.05, 4.69) is 15.7 Å². The summed E-state index contributed by atoms with van der Waals surface area (Å²) in [7, 11) is -1.51. The summed E-state index contributed by atoms with van der Waals surface area (Å²) in [4.78, 5) is 0.250. The lowest BCUT2D eigenvalue weighted by molar-refractivity contribution is 0.568. The van der Waals surface area contributed by atoms with Gasteiger partial charge in [-0.25, -0.2) is 13.8 Å². The van der Waals surface area contributed by atoms with Crippen molar-refractivity contribution in [1.29, 1.82) is 0 Å². The van der Waals surface area contributed by atoms with E-state index in [9.17, 15) is 8.42 Å². The van der Waals surface area contributed by atoms with Crippen molar-refractivity contribution >= 4 is 9.84 Å². The van der Waals surface area contributed by atoms with Crippen LogP contribution in [0.3, 0.4) is 0 Å². The van der Waals surface area contributed by atoms with Gasteiger partial charge in [0.2, 0.25) is 0 Å². The van der Waals surface area contributed by atoms with Gasteiger partial charge in [-0.05, 0) is 17.7 Å². The van der Waals surface area contributed by atoms with Crippen molar-refractivity contribution in [3.8, 4) is 0 Å². The number of aryl methyl sites for hydroxylation is 1. The lowest BCUT2D eigenvalue weighted by Crippen LogP contribution is -2.30. The van der Waals surface area contributed by atoms with Crippen LogP contribution in [-0.2, 0) is 16.9 Å². The molecule has 0 fully saturated rings. The zero-order chi connectivity index (χ0) is 14.0. The maximum Gasteiger partial charge on any atom is 0.175 e. The summed E-state index contributed by atoms with van der Waals surface area (Å²) >= 11 is 0. The molecule has 2 aromatic rings. The van der Waals surface area contributed by atoms with Crippen molar-refractivity contribution in [3.05, 3.63) is 41.7 Å². The third-order valence-electron chi connectivity index (χ3n) is 2.83. The number of rotatable bonds is 4. The zero-order valence-corrected chi connectivity index (χ0v) is 11.4. The van der Waals surface area contributed by atoms with Crippen molar-refractivity contribution in [3.63, 3.8) is 0 Å². The van der Waals surface area contributed by atoms with Crippen LogP contribution in [-0.4, -0.2) is 29.7 Å². The van der Waals surface area contributed by atoms with Crippen LogP contribution in [0.25, 0.3) is 0 Å². The fraction of sp³-hybridized carbons (Fsp3) is 0.273. The van der Waals surface area contributed by atoms with E-state index in [-0.39, 0.29) is 10.9 Å². The molecule has 0 aliphatic carbocycles. The van der Waals surface area contributed by atoms with E-state index in [1.807, 2.05) is 0 Å². The number of hydrazine groups is 1. The Labute approximate surface area is 111 Å². The molecule has 1 atom stereocenters. The molecule has 19 heavy (non-hydrogen) atoms. The summed E-state index contributed by atoms with van der Waals surface area (Å²) in [6, 6.07) is 6.24. The smallest absolute Gasteiger partial charge is 0.175 e. The molecule has 1 aromatic carbocycles. The summed E-state index contributed by atoms with van der Waals surface area (Å²) in [5.74, 6) is 5.56. The molecule has 0 aliphatic heterocycles. The first-order valence-electron chi connectivity index (χ1n) is 5.54. The molecule has 7 nitrogen and oxygen atoms in total. The van der Waals surface area contributed by atoms with Gasteiger partial charge in [-0.2, -0.15) is 0 Å². The standard InChI is InChI=1S/C11H15N5O2S/c1-16-10(7-13-15-16)11(14-12)8-4-3-5-9(6-8)19(2,17)18/h3-7,11,14H,12H2,1-2H3. The number of benzene rings is 1. The SMILES string of the molecule is Cn1nncc1C(NN)c1cccc(S(C)(=O)=O)c1. The molecule has 1 heterocycles. The van der Waals surface area contributed by atoms with Gasteiger partial charge in [0.15, 0.2) is 9.84 Å². The molecule has 8 heteroatoms. The van der Waals surface area contributed by atoms with E-state index in [4.69, 9.17) is 5.84 Å². The third kappa shape index (κ3) is 2.80. The summed E-state index contributed by atoms with van der Waals surface area (Å²) in [6.07, 6.45) is 2.75. The maximum atomic E-state index is 11.6. The Morgan fingerprint density at radius 3 is 2.68 bits per heavy atom. The molecule has 2 rings (SSSR count). The highest BCUT2D eigenvalue weighted by molar-refractivity contribution is 7.90. The first-order valence-corrected chi connectivity index (χ1v) is 7.43. The van der Waals surface area contributed by atoms with Crippen LogP contribution >= 0.6 is 0 Å². The molecule has 0 bridgehead atoms. The van der Waals surface area contributed by atoms with Gasteiger partial charge in [-0.3, -0.25) is 10.5 Å². The van der Waals surface area contributed by atoms with Gasteiger partial charge in [-0.15, -0.1) is 5.10 Å². The Morgan fingerprint density at radius 2 is 2.16 bits per heavy atom. The number of nitrogens with one attached hydrogen (secondary N) is 1. The predicted molar refractivity (Wildman–Crippen MR) is 69.7 cm³/mol. The number of hydrogen-bond acceptors (Lipinski definition) is 6. The Kier molecular flexibility index (Phi) is 3.65. The Bertz CT molecular complexity index is 680. The monoisotopic (exact) mass is 281 g/mol. The first kappa shape index (κ1) is 13.7. The zero-order valence-electron chi connectivity index (χ0n) is 10.6. The lowest BCUT2D eigenvalue weighted by Gasteiger charge is -2.16. The van der Waals surface area contributed by atoms with Gasteiger partial charge < -0.3 is 0 Å². The Morgan fingerprint density at radius 1 is 1.42 bits per heavy atom. The second-order valence-electron chi connectivity index (χ2n) is 4.23. The third-order valence-corrected chi connectivity index (χ3v) is 3.94. The van der Waals surface area contributed by atoms with E-state index >= 15 is 0 Å². The minimum absolute atomic E-state index is 0.250. The van der Waals surface area contributed by atoms with Crippen LogP contribution in [0.5, 0.6) is 0 Å². The second kappa shape index (κ2) is 5.08. The van der Waals surface area contributed by atoms with E-state index in [1.165, 1.54) is 6.26 Å². The predicted octanol–water partition coefficient (Wildman–Crippen LogP) is -0.229. The van der Waals surface area contributed by atoms with Crippen molar-refractivity contribution in [2.45, 2.75) is 10.9 Å². The average molecular weight is 281 g/mol. The van der Waals surface area contributed by atoms with Crippen LogP contribution < -0.4 is 11.3 Å². The summed E-state index contributed by atoms with van der Waals surface area (Å²) in [5, 5.41) is 7.62. The Balaban J connectivity index is 2.48. The number of aromatic nitrogens is 3. The fourth-order valence-corrected chi connectivity index (χ4v) is 2.51. The van der Waals surface area contributed by atoms with E-state index in [0.717, 1.165) is 11.3 Å². The van der Waals surface area contributed by atoms with Crippen LogP contribution in [0, 0.1) is 0 Å². The summed E-state index contributed by atoms with van der Waals surface area (Å²) in [6.45, 7) is 0. The van der Waals surface area contributed by atoms with Crippen molar-refractivity contribution in [2.24, 2.45) is 12.9 Å². The Hall–Kier alpha value is -1.77. The maximum absolute atomic E-state index is 11.6. The fourth-order valence-electron chi connectivity index (χ4n) is 1.84. The normalized spacial score (nSPS) is 13.4. The van der Waals surface area contributed by atoms with Crippen LogP contribution in [0.4, 0.5) is 0 Å². The summed E-state index contributed by atoms with van der Waals surface area (Å²) in [5.41, 5.74) is 4.12. The quantitative estimate of drug-likeness (QED) is 0.593. The summed E-state index contributed by atoms with van der Waals surface area (Å²) < 4.78 is 24.7. The average Bonchev–Trinajstić information content (AvgIpc) is 2.76. The highest BCUT2D eigenvalue weighted by Crippen LogP contribution is 2.22. The second-order valence-corrected chi connectivity index (χ2v) is 6.24. The number of nitrogens with two attached hydrogens (primary N) is 1. The molecule has 0 saturated heterocycles. The molecule has 0 radical (unpaired) electrons. The topological polar surface area (TPSA) is 103 Å². The first-order chi connectivity index (χ1) is 8.93. The molecular formula is C11H15N5O2S. The number of hydrogen-bond donors (Lipinski definition) is 2. The lowest BCUT2D eigenvalue weighted by atomic mass is 10.1. The van der Waals surface area contributed by atoms with Crippen molar-refractivity contribution in [1.82, 2.24) is 20.4 Å².